The normalized spacial score (nSPS) is 10.6. The molecule has 1 heterocycles. The van der Waals surface area contributed by atoms with Gasteiger partial charge in [-0.2, -0.15) is 0 Å². The van der Waals surface area contributed by atoms with Crippen LogP contribution in [0, 0.1) is 0 Å². The third kappa shape index (κ3) is 2.05. The monoisotopic (exact) mass is 220 g/mol. The largest absolute Gasteiger partial charge is 0.325 e. The summed E-state index contributed by atoms with van der Waals surface area (Å²) >= 11 is 5.52. The molecule has 1 rings (SSSR count). The van der Waals surface area contributed by atoms with Gasteiger partial charge in [0.25, 0.3) is 6.43 Å². The number of halogens is 3. The Bertz CT molecular complexity index is 357. The van der Waals surface area contributed by atoms with E-state index in [4.69, 9.17) is 17.3 Å². The molecule has 0 amide bonds. The van der Waals surface area contributed by atoms with E-state index >= 15 is 0 Å². The molecule has 6 heteroatoms. The van der Waals surface area contributed by atoms with E-state index in [1.165, 1.54) is 0 Å². The predicted octanol–water partition coefficient (Wildman–Crippen LogP) is 1.94. The van der Waals surface area contributed by atoms with Crippen molar-refractivity contribution in [3.8, 4) is 0 Å². The molecule has 1 aromatic heterocycles. The number of aldehydes is 1. The van der Waals surface area contributed by atoms with Crippen LogP contribution in [0.1, 0.15) is 28.2 Å². The first-order valence-corrected chi connectivity index (χ1v) is 4.10. The third-order valence-corrected chi connectivity index (χ3v) is 2.03. The highest BCUT2D eigenvalue weighted by molar-refractivity contribution is 6.33. The lowest BCUT2D eigenvalue weighted by molar-refractivity contribution is 0.111. The molecule has 2 N–H and O–H groups in total. The molecule has 0 bridgehead atoms. The Morgan fingerprint density at radius 3 is 2.71 bits per heavy atom. The van der Waals surface area contributed by atoms with Crippen LogP contribution < -0.4 is 5.73 Å². The number of nitrogens with zero attached hydrogens (tertiary/aromatic N) is 1. The maximum Gasteiger partial charge on any atom is 0.265 e. The average molecular weight is 221 g/mol. The molecule has 76 valence electrons. The van der Waals surface area contributed by atoms with Gasteiger partial charge in [0.15, 0.2) is 6.29 Å². The third-order valence-electron chi connectivity index (χ3n) is 1.62. The van der Waals surface area contributed by atoms with E-state index in [1.54, 1.807) is 0 Å². The van der Waals surface area contributed by atoms with E-state index in [1.807, 2.05) is 0 Å². The number of carbonyl (C=O) groups excluding carboxylic acids is 1. The SMILES string of the molecule is NCc1cc(C(F)F)c(Cl)c(C=O)n1. The number of hydrogen-bond donors (Lipinski definition) is 1. The van der Waals surface area contributed by atoms with Crippen molar-refractivity contribution >= 4 is 17.9 Å². The molecule has 0 spiro atoms. The summed E-state index contributed by atoms with van der Waals surface area (Å²) in [6, 6.07) is 1.10. The summed E-state index contributed by atoms with van der Waals surface area (Å²) < 4.78 is 24.8. The molecule has 0 aliphatic carbocycles. The minimum absolute atomic E-state index is 0.0161. The summed E-state index contributed by atoms with van der Waals surface area (Å²) in [4.78, 5) is 14.1. The van der Waals surface area contributed by atoms with Crippen LogP contribution in [0.15, 0.2) is 6.07 Å². The number of pyridine rings is 1. The van der Waals surface area contributed by atoms with Gasteiger partial charge >= 0.3 is 0 Å². The molecule has 0 saturated carbocycles. The molecule has 14 heavy (non-hydrogen) atoms. The van der Waals surface area contributed by atoms with Crippen molar-refractivity contribution in [1.82, 2.24) is 4.98 Å². The molecule has 0 aliphatic rings. The van der Waals surface area contributed by atoms with Gasteiger partial charge in [0.05, 0.1) is 10.7 Å². The lowest BCUT2D eigenvalue weighted by Gasteiger charge is -2.06. The van der Waals surface area contributed by atoms with Gasteiger partial charge in [-0.25, -0.2) is 13.8 Å². The van der Waals surface area contributed by atoms with Crippen molar-refractivity contribution in [2.24, 2.45) is 5.73 Å². The van der Waals surface area contributed by atoms with Crippen molar-refractivity contribution in [3.05, 3.63) is 28.0 Å². The summed E-state index contributed by atoms with van der Waals surface area (Å²) in [6.07, 6.45) is -2.41. The zero-order valence-corrected chi connectivity index (χ0v) is 7.76. The topological polar surface area (TPSA) is 56.0 Å². The molecule has 0 aliphatic heterocycles. The zero-order valence-electron chi connectivity index (χ0n) is 7.01. The number of carbonyl (C=O) groups is 1. The molecule has 3 nitrogen and oxygen atoms in total. The Labute approximate surface area is 83.9 Å². The van der Waals surface area contributed by atoms with Crippen LogP contribution in [0.4, 0.5) is 8.78 Å². The smallest absolute Gasteiger partial charge is 0.265 e. The van der Waals surface area contributed by atoms with Gasteiger partial charge in [0.2, 0.25) is 0 Å². The summed E-state index contributed by atoms with van der Waals surface area (Å²) in [7, 11) is 0. The van der Waals surface area contributed by atoms with Crippen LogP contribution in [0.3, 0.4) is 0 Å². The fourth-order valence-electron chi connectivity index (χ4n) is 0.968. The van der Waals surface area contributed by atoms with Crippen LogP contribution >= 0.6 is 11.6 Å². The summed E-state index contributed by atoms with van der Waals surface area (Å²) in [5, 5.41) is -0.313. The fourth-order valence-corrected chi connectivity index (χ4v) is 1.19. The van der Waals surface area contributed by atoms with Gasteiger partial charge in [-0.05, 0) is 6.07 Å². The van der Waals surface area contributed by atoms with Gasteiger partial charge in [-0.3, -0.25) is 4.79 Å². The van der Waals surface area contributed by atoms with Crippen LogP contribution in [0.5, 0.6) is 0 Å². The Morgan fingerprint density at radius 2 is 2.29 bits per heavy atom. The summed E-state index contributed by atoms with van der Waals surface area (Å²) in [5.74, 6) is 0. The first-order chi connectivity index (χ1) is 6.60. The lowest BCUT2D eigenvalue weighted by Crippen LogP contribution is -2.05. The van der Waals surface area contributed by atoms with Crippen LogP contribution in [0.2, 0.25) is 5.02 Å². The Morgan fingerprint density at radius 1 is 1.64 bits per heavy atom. The van der Waals surface area contributed by atoms with Crippen molar-refractivity contribution in [2.75, 3.05) is 0 Å². The maximum absolute atomic E-state index is 12.4. The zero-order chi connectivity index (χ0) is 10.7. The maximum atomic E-state index is 12.4. The number of aromatic nitrogens is 1. The molecule has 0 aromatic carbocycles. The molecule has 0 unspecified atom stereocenters. The van der Waals surface area contributed by atoms with Crippen molar-refractivity contribution in [2.45, 2.75) is 13.0 Å². The van der Waals surface area contributed by atoms with Crippen LogP contribution in [-0.2, 0) is 6.54 Å². The molecular weight excluding hydrogens is 214 g/mol. The summed E-state index contributed by atoms with van der Waals surface area (Å²) in [6.45, 7) is -0.0161. The van der Waals surface area contributed by atoms with Crippen molar-refractivity contribution < 1.29 is 13.6 Å². The average Bonchev–Trinajstić information content (AvgIpc) is 2.17. The van der Waals surface area contributed by atoms with Gasteiger partial charge in [0.1, 0.15) is 5.69 Å². The second kappa shape index (κ2) is 4.43. The molecular formula is C8H7ClF2N2O. The predicted molar refractivity (Wildman–Crippen MR) is 47.5 cm³/mol. The quantitative estimate of drug-likeness (QED) is 0.792. The minimum Gasteiger partial charge on any atom is -0.325 e. The molecule has 0 saturated heterocycles. The Kier molecular flexibility index (Phi) is 3.49. The van der Waals surface area contributed by atoms with Gasteiger partial charge in [0, 0.05) is 12.1 Å². The van der Waals surface area contributed by atoms with Crippen molar-refractivity contribution in [1.29, 1.82) is 0 Å². The number of hydrogen-bond acceptors (Lipinski definition) is 3. The molecule has 0 atom stereocenters. The van der Waals surface area contributed by atoms with Gasteiger partial charge in [-0.1, -0.05) is 11.6 Å². The minimum atomic E-state index is -2.74. The van der Waals surface area contributed by atoms with Gasteiger partial charge < -0.3 is 5.73 Å². The molecule has 0 fully saturated rings. The molecule has 0 radical (unpaired) electrons. The Balaban J connectivity index is 3.34. The Hall–Kier alpha value is -1.07. The fraction of sp³-hybridized carbons (Fsp3) is 0.250. The second-order valence-electron chi connectivity index (χ2n) is 2.52. The van der Waals surface area contributed by atoms with E-state index in [0.29, 0.717) is 6.29 Å². The highest BCUT2D eigenvalue weighted by atomic mass is 35.5. The number of rotatable bonds is 3. The van der Waals surface area contributed by atoms with E-state index in [2.05, 4.69) is 4.98 Å². The second-order valence-corrected chi connectivity index (χ2v) is 2.90. The van der Waals surface area contributed by atoms with E-state index < -0.39 is 12.0 Å². The van der Waals surface area contributed by atoms with Gasteiger partial charge in [-0.15, -0.1) is 0 Å². The number of nitrogens with two attached hydrogens (primary N) is 1. The lowest BCUT2D eigenvalue weighted by atomic mass is 10.2. The van der Waals surface area contributed by atoms with Crippen molar-refractivity contribution in [3.63, 3.8) is 0 Å². The highest BCUT2D eigenvalue weighted by Crippen LogP contribution is 2.28. The number of alkyl halides is 2. The molecule has 1 aromatic rings. The first kappa shape index (κ1) is 11.0. The van der Waals surface area contributed by atoms with Crippen LogP contribution in [0.25, 0.3) is 0 Å². The first-order valence-electron chi connectivity index (χ1n) is 3.72. The highest BCUT2D eigenvalue weighted by Gasteiger charge is 2.17. The van der Waals surface area contributed by atoms with E-state index in [9.17, 15) is 13.6 Å². The standard InChI is InChI=1S/C8H7ClF2N2O/c9-7-5(8(10)11)1-4(2-12)13-6(7)3-14/h1,3,8H,2,12H2. The summed E-state index contributed by atoms with van der Waals surface area (Å²) in [5.41, 5.74) is 4.82. The van der Waals surface area contributed by atoms with E-state index in [-0.39, 0.29) is 23.0 Å². The van der Waals surface area contributed by atoms with Crippen LogP contribution in [-0.4, -0.2) is 11.3 Å². The van der Waals surface area contributed by atoms with E-state index in [0.717, 1.165) is 6.07 Å².